The van der Waals surface area contributed by atoms with Crippen molar-refractivity contribution >= 4 is 0 Å². The molecule has 0 radical (unpaired) electrons. The Morgan fingerprint density at radius 1 is 1.14 bits per heavy atom. The van der Waals surface area contributed by atoms with E-state index in [0.29, 0.717) is 0 Å². The third kappa shape index (κ3) is 5.96. The molecule has 0 spiro atoms. The second-order valence-electron chi connectivity index (χ2n) is 5.14. The van der Waals surface area contributed by atoms with E-state index in [-0.39, 0.29) is 0 Å². The second kappa shape index (κ2) is 9.14. The zero-order valence-electron chi connectivity index (χ0n) is 12.7. The lowest BCUT2D eigenvalue weighted by molar-refractivity contribution is 0.310. The van der Waals surface area contributed by atoms with Crippen LogP contribution in [0.2, 0.25) is 0 Å². The Kier molecular flexibility index (Phi) is 6.75. The van der Waals surface area contributed by atoms with E-state index in [4.69, 9.17) is 4.74 Å². The molecule has 1 heterocycles. The van der Waals surface area contributed by atoms with Gasteiger partial charge in [-0.2, -0.15) is 0 Å². The Morgan fingerprint density at radius 2 is 2.05 bits per heavy atom. The summed E-state index contributed by atoms with van der Waals surface area (Å²) in [5.74, 6) is 0.956. The maximum atomic E-state index is 5.83. The molecule has 0 aliphatic rings. The molecule has 1 aromatic carbocycles. The monoisotopic (exact) mass is 284 g/mol. The average molecular weight is 284 g/mol. The standard InChI is InChI=1S/C18H24N2O/c1-2-10-19-15-17-6-3-9-18(13-17)21-12-5-8-16-7-4-11-20-14-16/h3-4,6-7,9,11,13-14,19H,2,5,8,10,12,15H2,1H3. The Morgan fingerprint density at radius 3 is 2.86 bits per heavy atom. The summed E-state index contributed by atoms with van der Waals surface area (Å²) in [6, 6.07) is 12.4. The summed E-state index contributed by atoms with van der Waals surface area (Å²) >= 11 is 0. The number of nitrogens with one attached hydrogen (secondary N) is 1. The maximum absolute atomic E-state index is 5.83. The Hall–Kier alpha value is -1.87. The van der Waals surface area contributed by atoms with Crippen LogP contribution in [0.5, 0.6) is 5.75 Å². The molecule has 0 aliphatic heterocycles. The van der Waals surface area contributed by atoms with Crippen molar-refractivity contribution in [3.63, 3.8) is 0 Å². The van der Waals surface area contributed by atoms with Gasteiger partial charge in [-0.1, -0.05) is 25.1 Å². The molecule has 0 bridgehead atoms. The Bertz CT molecular complexity index is 514. The van der Waals surface area contributed by atoms with Crippen molar-refractivity contribution in [3.05, 3.63) is 59.9 Å². The molecular weight excluding hydrogens is 260 g/mol. The molecule has 0 atom stereocenters. The molecular formula is C18H24N2O. The van der Waals surface area contributed by atoms with Crippen molar-refractivity contribution in [1.82, 2.24) is 10.3 Å². The van der Waals surface area contributed by atoms with Crippen LogP contribution < -0.4 is 10.1 Å². The predicted octanol–water partition coefficient (Wildman–Crippen LogP) is 3.59. The highest BCUT2D eigenvalue weighted by atomic mass is 16.5. The van der Waals surface area contributed by atoms with Crippen LogP contribution in [0.4, 0.5) is 0 Å². The average Bonchev–Trinajstić information content (AvgIpc) is 2.53. The molecule has 0 fully saturated rings. The number of ether oxygens (including phenoxy) is 1. The van der Waals surface area contributed by atoms with Gasteiger partial charge in [-0.3, -0.25) is 4.98 Å². The lowest BCUT2D eigenvalue weighted by atomic mass is 10.2. The fourth-order valence-electron chi connectivity index (χ4n) is 2.17. The van der Waals surface area contributed by atoms with Gasteiger partial charge >= 0.3 is 0 Å². The SMILES string of the molecule is CCCNCc1cccc(OCCCc2cccnc2)c1. The topological polar surface area (TPSA) is 34.1 Å². The number of hydrogen-bond donors (Lipinski definition) is 1. The summed E-state index contributed by atoms with van der Waals surface area (Å²) in [6.07, 6.45) is 6.89. The molecule has 0 saturated heterocycles. The maximum Gasteiger partial charge on any atom is 0.119 e. The Labute approximate surface area is 127 Å². The summed E-state index contributed by atoms with van der Waals surface area (Å²) in [7, 11) is 0. The summed E-state index contributed by atoms with van der Waals surface area (Å²) in [6.45, 7) is 4.87. The number of aryl methyl sites for hydroxylation is 1. The molecule has 3 heteroatoms. The largest absolute Gasteiger partial charge is 0.494 e. The van der Waals surface area contributed by atoms with E-state index in [9.17, 15) is 0 Å². The van der Waals surface area contributed by atoms with Crippen LogP contribution in [0.1, 0.15) is 30.9 Å². The van der Waals surface area contributed by atoms with Crippen molar-refractivity contribution in [2.45, 2.75) is 32.7 Å². The van der Waals surface area contributed by atoms with Crippen molar-refractivity contribution in [2.75, 3.05) is 13.2 Å². The summed E-state index contributed by atoms with van der Waals surface area (Å²) in [5.41, 5.74) is 2.53. The molecule has 0 saturated carbocycles. The number of aromatic nitrogens is 1. The molecule has 2 rings (SSSR count). The zero-order valence-corrected chi connectivity index (χ0v) is 12.7. The van der Waals surface area contributed by atoms with Crippen LogP contribution >= 0.6 is 0 Å². The number of nitrogens with zero attached hydrogens (tertiary/aromatic N) is 1. The van der Waals surface area contributed by atoms with Gasteiger partial charge in [0.25, 0.3) is 0 Å². The van der Waals surface area contributed by atoms with Crippen molar-refractivity contribution in [3.8, 4) is 5.75 Å². The number of hydrogen-bond acceptors (Lipinski definition) is 3. The third-order valence-corrected chi connectivity index (χ3v) is 3.26. The minimum atomic E-state index is 0.737. The fourth-order valence-corrected chi connectivity index (χ4v) is 2.17. The first-order chi connectivity index (χ1) is 10.4. The first-order valence-electron chi connectivity index (χ1n) is 7.70. The van der Waals surface area contributed by atoms with Crippen molar-refractivity contribution < 1.29 is 4.74 Å². The lowest BCUT2D eigenvalue weighted by Crippen LogP contribution is -2.13. The van der Waals surface area contributed by atoms with Gasteiger partial charge in [0.05, 0.1) is 6.61 Å². The highest BCUT2D eigenvalue weighted by Crippen LogP contribution is 2.14. The fraction of sp³-hybridized carbons (Fsp3) is 0.389. The third-order valence-electron chi connectivity index (χ3n) is 3.26. The van der Waals surface area contributed by atoms with Crippen molar-refractivity contribution in [2.24, 2.45) is 0 Å². The van der Waals surface area contributed by atoms with Crippen LogP contribution in [0.25, 0.3) is 0 Å². The molecule has 1 N–H and O–H groups in total. The van der Waals surface area contributed by atoms with Crippen LogP contribution in [-0.2, 0) is 13.0 Å². The molecule has 1 aromatic heterocycles. The van der Waals surface area contributed by atoms with Gasteiger partial charge in [-0.05, 0) is 55.1 Å². The minimum absolute atomic E-state index is 0.737. The van der Waals surface area contributed by atoms with Gasteiger partial charge in [0.15, 0.2) is 0 Å². The van der Waals surface area contributed by atoms with Gasteiger partial charge in [-0.25, -0.2) is 0 Å². The highest BCUT2D eigenvalue weighted by Gasteiger charge is 1.98. The van der Waals surface area contributed by atoms with Crippen LogP contribution in [0, 0.1) is 0 Å². The van der Waals surface area contributed by atoms with Gasteiger partial charge in [0.1, 0.15) is 5.75 Å². The zero-order chi connectivity index (χ0) is 14.8. The molecule has 0 aliphatic carbocycles. The summed E-state index contributed by atoms with van der Waals surface area (Å²) in [4.78, 5) is 4.12. The van der Waals surface area contributed by atoms with E-state index in [0.717, 1.165) is 44.7 Å². The first kappa shape index (κ1) is 15.5. The van der Waals surface area contributed by atoms with E-state index in [1.807, 2.05) is 18.3 Å². The first-order valence-corrected chi connectivity index (χ1v) is 7.70. The highest BCUT2D eigenvalue weighted by molar-refractivity contribution is 5.28. The molecule has 3 nitrogen and oxygen atoms in total. The number of benzene rings is 1. The number of pyridine rings is 1. The molecule has 2 aromatic rings. The van der Waals surface area contributed by atoms with Crippen LogP contribution in [0.15, 0.2) is 48.8 Å². The smallest absolute Gasteiger partial charge is 0.119 e. The van der Waals surface area contributed by atoms with E-state index < -0.39 is 0 Å². The molecule has 112 valence electrons. The van der Waals surface area contributed by atoms with Gasteiger partial charge in [-0.15, -0.1) is 0 Å². The van der Waals surface area contributed by atoms with E-state index in [1.165, 1.54) is 11.1 Å². The summed E-state index contributed by atoms with van der Waals surface area (Å²) in [5, 5.41) is 3.40. The summed E-state index contributed by atoms with van der Waals surface area (Å²) < 4.78 is 5.83. The van der Waals surface area contributed by atoms with Gasteiger partial charge in [0, 0.05) is 18.9 Å². The second-order valence-corrected chi connectivity index (χ2v) is 5.14. The van der Waals surface area contributed by atoms with Crippen LogP contribution in [0.3, 0.4) is 0 Å². The molecule has 0 unspecified atom stereocenters. The predicted molar refractivity (Wildman–Crippen MR) is 86.5 cm³/mol. The molecule has 21 heavy (non-hydrogen) atoms. The lowest BCUT2D eigenvalue weighted by Gasteiger charge is -2.08. The minimum Gasteiger partial charge on any atom is -0.494 e. The number of rotatable bonds is 9. The Balaban J connectivity index is 1.71. The van der Waals surface area contributed by atoms with E-state index >= 15 is 0 Å². The normalized spacial score (nSPS) is 10.5. The van der Waals surface area contributed by atoms with Crippen molar-refractivity contribution in [1.29, 1.82) is 0 Å². The van der Waals surface area contributed by atoms with Gasteiger partial charge in [0.2, 0.25) is 0 Å². The van der Waals surface area contributed by atoms with Crippen LogP contribution in [-0.4, -0.2) is 18.1 Å². The van der Waals surface area contributed by atoms with E-state index in [1.54, 1.807) is 6.20 Å². The quantitative estimate of drug-likeness (QED) is 0.715. The van der Waals surface area contributed by atoms with Gasteiger partial charge < -0.3 is 10.1 Å². The van der Waals surface area contributed by atoms with E-state index in [2.05, 4.69) is 41.5 Å². The molecule has 0 amide bonds.